The van der Waals surface area contributed by atoms with Gasteiger partial charge in [-0.3, -0.25) is 0 Å². The van der Waals surface area contributed by atoms with Gasteiger partial charge >= 0.3 is 18.6 Å². The highest BCUT2D eigenvalue weighted by Gasteiger charge is 2.43. The first-order chi connectivity index (χ1) is 18.8. The number of carbonyl (C=O) groups excluding carboxylic acids is 2. The Morgan fingerprint density at radius 3 is 1.56 bits per heavy atom. The summed E-state index contributed by atoms with van der Waals surface area (Å²) in [6, 6.07) is 17.1. The van der Waals surface area contributed by atoms with E-state index in [9.17, 15) is 18.4 Å². The Hall–Kier alpha value is -3.64. The molecule has 1 aliphatic rings. The highest BCUT2D eigenvalue weighted by molar-refractivity contribution is 5.99. The lowest BCUT2D eigenvalue weighted by Crippen LogP contribution is -3.00. The third kappa shape index (κ3) is 7.76. The number of benzene rings is 1. The van der Waals surface area contributed by atoms with Gasteiger partial charge in [0.25, 0.3) is 0 Å². The van der Waals surface area contributed by atoms with Crippen LogP contribution in [0, 0.1) is 0 Å². The molecule has 0 amide bonds. The summed E-state index contributed by atoms with van der Waals surface area (Å²) in [5.74, 6) is -2.20. The van der Waals surface area contributed by atoms with E-state index in [-0.39, 0.29) is 50.9 Å². The van der Waals surface area contributed by atoms with E-state index in [2.05, 4.69) is 4.74 Å². The molecular weight excluding hydrogens is 668 g/mol. The predicted molar refractivity (Wildman–Crippen MR) is 135 cm³/mol. The van der Waals surface area contributed by atoms with Gasteiger partial charge in [-0.2, -0.15) is 17.9 Å². The monoisotopic (exact) mass is 695 g/mol. The van der Waals surface area contributed by atoms with Gasteiger partial charge < -0.3 is 53.1 Å². The van der Waals surface area contributed by atoms with Crippen LogP contribution < -0.4 is 47.8 Å². The number of allylic oxidation sites excluding steroid dienone is 2. The molecule has 8 nitrogen and oxygen atoms in total. The molecule has 0 saturated heterocycles. The van der Waals surface area contributed by atoms with E-state index < -0.39 is 24.5 Å². The lowest BCUT2D eigenvalue weighted by atomic mass is 9.79. The van der Waals surface area contributed by atoms with E-state index in [4.69, 9.17) is 9.47 Å². The zero-order valence-electron chi connectivity index (χ0n) is 22.5. The Morgan fingerprint density at radius 1 is 0.780 bits per heavy atom. The van der Waals surface area contributed by atoms with Gasteiger partial charge in [-0.25, -0.2) is 9.59 Å². The van der Waals surface area contributed by atoms with Crippen molar-refractivity contribution in [3.63, 3.8) is 0 Å². The van der Waals surface area contributed by atoms with Crippen molar-refractivity contribution in [3.8, 4) is 5.75 Å². The largest absolute Gasteiger partial charge is 1.00 e. The van der Waals surface area contributed by atoms with E-state index in [1.165, 1.54) is 26.4 Å². The van der Waals surface area contributed by atoms with E-state index >= 15 is 0 Å². The van der Waals surface area contributed by atoms with Crippen LogP contribution in [-0.2, 0) is 32.2 Å². The Kier molecular flexibility index (Phi) is 12.6. The number of alkyl halides is 2. The summed E-state index contributed by atoms with van der Waals surface area (Å²) in [6.07, 6.45) is 7.47. The number of aromatic nitrogens is 2. The second-order valence-corrected chi connectivity index (χ2v) is 8.74. The fourth-order valence-electron chi connectivity index (χ4n) is 4.68. The minimum Gasteiger partial charge on any atom is -1.00 e. The molecule has 1 aromatic carbocycles. The first-order valence-corrected chi connectivity index (χ1v) is 12.1. The number of ether oxygens (including phenoxy) is 3. The molecule has 1 aliphatic heterocycles. The van der Waals surface area contributed by atoms with Gasteiger partial charge in [0, 0.05) is 31.3 Å². The molecule has 218 valence electrons. The molecule has 0 bridgehead atoms. The summed E-state index contributed by atoms with van der Waals surface area (Å²) in [6.45, 7) is -2.40. The van der Waals surface area contributed by atoms with Crippen molar-refractivity contribution in [2.45, 2.75) is 25.6 Å². The minimum atomic E-state index is -2.99. The van der Waals surface area contributed by atoms with Crippen LogP contribution in [-0.4, -0.2) is 44.7 Å². The SMILES string of the molecule is COC(=O)C1=C(C[n+]2ccccc2)N(C)C(C[n+]2ccccc2)=C(C(=O)OC)C1c1ccc(OC(F)F)cc1.[Br-].[Br-]. The van der Waals surface area contributed by atoms with Crippen LogP contribution in [0.1, 0.15) is 11.5 Å². The molecule has 0 radical (unpaired) electrons. The smallest absolute Gasteiger partial charge is 0.387 e. The van der Waals surface area contributed by atoms with Crippen LogP contribution in [0.2, 0.25) is 0 Å². The predicted octanol–water partition coefficient (Wildman–Crippen LogP) is -2.85. The molecule has 3 aromatic rings. The molecule has 0 aliphatic carbocycles. The van der Waals surface area contributed by atoms with Crippen LogP contribution in [0.25, 0.3) is 0 Å². The lowest BCUT2D eigenvalue weighted by molar-refractivity contribution is -0.693. The third-order valence-corrected chi connectivity index (χ3v) is 6.48. The number of pyridine rings is 2. The van der Waals surface area contributed by atoms with Gasteiger partial charge in [0.15, 0.2) is 37.9 Å². The number of esters is 2. The molecule has 0 saturated carbocycles. The summed E-state index contributed by atoms with van der Waals surface area (Å²) in [4.78, 5) is 28.6. The first-order valence-electron chi connectivity index (χ1n) is 12.1. The van der Waals surface area contributed by atoms with Crippen molar-refractivity contribution in [1.82, 2.24) is 4.90 Å². The highest BCUT2D eigenvalue weighted by Crippen LogP contribution is 2.43. The number of halogens is 4. The fourth-order valence-corrected chi connectivity index (χ4v) is 4.68. The molecule has 0 fully saturated rings. The summed E-state index contributed by atoms with van der Waals surface area (Å²) in [5.41, 5.74) is 2.20. The number of rotatable bonds is 9. The maximum Gasteiger partial charge on any atom is 0.387 e. The first kappa shape index (κ1) is 33.6. The van der Waals surface area contributed by atoms with Crippen molar-refractivity contribution in [3.05, 3.63) is 114 Å². The highest BCUT2D eigenvalue weighted by atomic mass is 79.9. The van der Waals surface area contributed by atoms with Crippen molar-refractivity contribution in [2.24, 2.45) is 0 Å². The second kappa shape index (κ2) is 15.4. The maximum absolute atomic E-state index is 13.4. The number of methoxy groups -OCH3 is 2. The number of nitrogens with zero attached hydrogens (tertiary/aromatic N) is 3. The van der Waals surface area contributed by atoms with Gasteiger partial charge in [-0.15, -0.1) is 0 Å². The lowest BCUT2D eigenvalue weighted by Gasteiger charge is -2.35. The van der Waals surface area contributed by atoms with Crippen LogP contribution in [0.3, 0.4) is 0 Å². The Bertz CT molecular complexity index is 1310. The van der Waals surface area contributed by atoms with Gasteiger partial charge in [0.05, 0.1) is 42.7 Å². The van der Waals surface area contributed by atoms with Gasteiger partial charge in [-0.1, -0.05) is 24.3 Å². The van der Waals surface area contributed by atoms with Gasteiger partial charge in [0.1, 0.15) is 5.75 Å². The quantitative estimate of drug-likeness (QED) is 0.178. The summed E-state index contributed by atoms with van der Waals surface area (Å²) < 4.78 is 44.3. The average molecular weight is 697 g/mol. The number of hydrogen-bond acceptors (Lipinski definition) is 6. The number of hydrogen-bond donors (Lipinski definition) is 0. The number of likely N-dealkylation sites (N-methyl/N-ethyl adjacent to an activating group) is 1. The van der Waals surface area contributed by atoms with Crippen molar-refractivity contribution < 1.29 is 75.7 Å². The van der Waals surface area contributed by atoms with Crippen LogP contribution in [0.15, 0.2) is 108 Å². The summed E-state index contributed by atoms with van der Waals surface area (Å²) in [7, 11) is 4.34. The molecule has 0 unspecified atom stereocenters. The van der Waals surface area contributed by atoms with E-state index in [0.29, 0.717) is 30.0 Å². The zero-order valence-corrected chi connectivity index (χ0v) is 25.7. The van der Waals surface area contributed by atoms with Crippen LogP contribution >= 0.6 is 0 Å². The van der Waals surface area contributed by atoms with E-state index in [1.807, 2.05) is 75.2 Å². The molecule has 0 atom stereocenters. The van der Waals surface area contributed by atoms with E-state index in [1.54, 1.807) is 19.2 Å². The molecular formula is C29H29Br2F2N3O5. The van der Waals surface area contributed by atoms with Crippen LogP contribution in [0.5, 0.6) is 5.75 Å². The van der Waals surface area contributed by atoms with Crippen molar-refractivity contribution in [2.75, 3.05) is 21.3 Å². The number of carbonyl (C=O) groups is 2. The molecule has 0 N–H and O–H groups in total. The fraction of sp³-hybridized carbons (Fsp3) is 0.241. The van der Waals surface area contributed by atoms with Gasteiger partial charge in [0.2, 0.25) is 0 Å². The molecule has 12 heteroatoms. The second-order valence-electron chi connectivity index (χ2n) is 8.74. The topological polar surface area (TPSA) is 72.8 Å². The normalized spacial score (nSPS) is 13.4. The van der Waals surface area contributed by atoms with E-state index in [0.717, 1.165) is 0 Å². The zero-order chi connectivity index (χ0) is 27.9. The Morgan fingerprint density at radius 2 is 1.20 bits per heavy atom. The molecule has 41 heavy (non-hydrogen) atoms. The van der Waals surface area contributed by atoms with Crippen molar-refractivity contribution >= 4 is 11.9 Å². The standard InChI is InChI=1S/C29H29F2N3O5.2BrH/c1-32-22(18-33-14-6-4-7-15-33)25(27(35)37-2)24(20-10-12-21(13-11-20)39-29(30)31)26(28(36)38-3)23(32)19-34-16-8-5-9-17-34;;/h4-17,24,29H,18-19H2,1-3H3;2*1H/q+2;;/p-2. The maximum atomic E-state index is 13.4. The van der Waals surface area contributed by atoms with Crippen molar-refractivity contribution in [1.29, 1.82) is 0 Å². The Balaban J connectivity index is 0.00000294. The third-order valence-electron chi connectivity index (χ3n) is 6.48. The Labute approximate surface area is 258 Å². The molecule has 2 aromatic heterocycles. The molecule has 3 heterocycles. The molecule has 4 rings (SSSR count). The minimum absolute atomic E-state index is 0. The summed E-state index contributed by atoms with van der Waals surface area (Å²) in [5, 5.41) is 0. The van der Waals surface area contributed by atoms with Crippen LogP contribution in [0.4, 0.5) is 8.78 Å². The average Bonchev–Trinajstić information content (AvgIpc) is 2.95. The van der Waals surface area contributed by atoms with Gasteiger partial charge in [-0.05, 0) is 17.7 Å². The molecule has 0 spiro atoms. The summed E-state index contributed by atoms with van der Waals surface area (Å²) >= 11 is 0.